The molecule has 1 atom stereocenters. The molecule has 9 heteroatoms. The third-order valence-electron chi connectivity index (χ3n) is 6.70. The number of hydrogen-bond donors (Lipinski definition) is 0. The van der Waals surface area contributed by atoms with E-state index < -0.39 is 29.6 Å². The minimum absolute atomic E-state index is 0. The van der Waals surface area contributed by atoms with Gasteiger partial charge in [0, 0.05) is 29.9 Å². The summed E-state index contributed by atoms with van der Waals surface area (Å²) in [5.74, 6) is -1.74. The number of benzene rings is 3. The van der Waals surface area contributed by atoms with Crippen LogP contribution in [-0.2, 0) is 43.2 Å². The van der Waals surface area contributed by atoms with Crippen molar-refractivity contribution in [2.75, 3.05) is 0 Å². The van der Waals surface area contributed by atoms with E-state index in [0.29, 0.717) is 18.7 Å². The summed E-state index contributed by atoms with van der Waals surface area (Å²) < 4.78 is 62.1. The number of carbonyl (C=O) groups is 1. The zero-order chi connectivity index (χ0) is 28.0. The first-order valence-electron chi connectivity index (χ1n) is 12.6. The molecular weight excluding hydrogens is 533 g/mol. The van der Waals surface area contributed by atoms with E-state index in [-0.39, 0.29) is 54.4 Å². The van der Waals surface area contributed by atoms with Gasteiger partial charge in [-0.1, -0.05) is 48.5 Å². The van der Waals surface area contributed by atoms with Crippen LogP contribution in [0.2, 0.25) is 0 Å². The van der Waals surface area contributed by atoms with Crippen molar-refractivity contribution in [3.8, 4) is 5.75 Å². The van der Waals surface area contributed by atoms with Crippen molar-refractivity contribution < 1.29 is 61.8 Å². The van der Waals surface area contributed by atoms with Crippen molar-refractivity contribution in [1.82, 2.24) is 4.57 Å². The Bertz CT molecular complexity index is 1400. The second kappa shape index (κ2) is 14.0. The summed E-state index contributed by atoms with van der Waals surface area (Å²) >= 11 is 0. The van der Waals surface area contributed by atoms with Gasteiger partial charge in [-0.15, -0.1) is 0 Å². The molecule has 0 spiro atoms. The first kappa shape index (κ1) is 31.5. The number of nitrogens with zero attached hydrogens (tertiary/aromatic N) is 1. The van der Waals surface area contributed by atoms with Crippen LogP contribution in [0.5, 0.6) is 5.75 Å². The van der Waals surface area contributed by atoms with Crippen LogP contribution in [0.15, 0.2) is 84.9 Å². The van der Waals surface area contributed by atoms with Crippen molar-refractivity contribution in [2.45, 2.75) is 51.4 Å². The molecule has 0 saturated carbocycles. The molecule has 1 aromatic heterocycles. The summed E-state index contributed by atoms with van der Waals surface area (Å²) in [6.45, 7) is 2.49. The number of hydrogen-bond acceptors (Lipinski definition) is 3. The Morgan fingerprint density at radius 3 is 2.23 bits per heavy atom. The minimum Gasteiger partial charge on any atom is -0.546 e. The number of rotatable bonds is 11. The van der Waals surface area contributed by atoms with Crippen LogP contribution in [0, 0.1) is 12.7 Å². The first-order chi connectivity index (χ1) is 18.6. The Morgan fingerprint density at radius 1 is 0.875 bits per heavy atom. The average Bonchev–Trinajstić information content (AvgIpc) is 3.26. The number of carboxylic acid groups (broad SMARTS) is 1. The Labute approximate surface area is 252 Å². The van der Waals surface area contributed by atoms with Gasteiger partial charge in [0.05, 0.1) is 11.5 Å². The number of ether oxygens (including phenoxy) is 1. The molecule has 0 aliphatic rings. The molecule has 0 N–H and O–H groups in total. The minimum atomic E-state index is -4.62. The van der Waals surface area contributed by atoms with Gasteiger partial charge in [0.1, 0.15) is 17.7 Å². The summed E-state index contributed by atoms with van der Waals surface area (Å²) in [5, 5.41) is 11.6. The van der Waals surface area contributed by atoms with E-state index in [1.165, 1.54) is 0 Å². The number of halogens is 4. The topological polar surface area (TPSA) is 54.3 Å². The molecule has 0 amide bonds. The van der Waals surface area contributed by atoms with Gasteiger partial charge in [-0.3, -0.25) is 0 Å². The average molecular weight is 562 g/mol. The predicted octanol–water partition coefficient (Wildman–Crippen LogP) is 2.73. The largest absolute Gasteiger partial charge is 1.00 e. The fraction of sp³-hybridized carbons (Fsp3) is 0.258. The van der Waals surface area contributed by atoms with Gasteiger partial charge >= 0.3 is 35.7 Å². The summed E-state index contributed by atoms with van der Waals surface area (Å²) in [6.07, 6.45) is -4.75. The maximum Gasteiger partial charge on any atom is 1.00 e. The quantitative estimate of drug-likeness (QED) is 0.209. The van der Waals surface area contributed by atoms with Crippen molar-refractivity contribution in [2.24, 2.45) is 0 Å². The molecule has 0 aliphatic carbocycles. The second-order valence-electron chi connectivity index (χ2n) is 9.39. The number of alkyl halides is 3. The molecule has 1 heterocycles. The summed E-state index contributed by atoms with van der Waals surface area (Å²) in [5.41, 5.74) is 2.31. The second-order valence-corrected chi connectivity index (χ2v) is 9.39. The van der Waals surface area contributed by atoms with Crippen molar-refractivity contribution in [3.05, 3.63) is 124 Å². The van der Waals surface area contributed by atoms with Crippen molar-refractivity contribution in [1.29, 1.82) is 0 Å². The molecule has 0 aliphatic heterocycles. The number of carboxylic acids is 1. The van der Waals surface area contributed by atoms with Crippen LogP contribution in [0.1, 0.15) is 33.6 Å². The van der Waals surface area contributed by atoms with E-state index in [9.17, 15) is 27.5 Å². The van der Waals surface area contributed by atoms with Crippen LogP contribution < -0.4 is 39.4 Å². The molecule has 0 fully saturated rings. The zero-order valence-corrected chi connectivity index (χ0v) is 24.4. The van der Waals surface area contributed by atoms with Crippen LogP contribution in [0.3, 0.4) is 0 Å². The van der Waals surface area contributed by atoms with Gasteiger partial charge in [0.2, 0.25) is 0 Å². The van der Waals surface area contributed by atoms with E-state index in [4.69, 9.17) is 4.74 Å². The van der Waals surface area contributed by atoms with Gasteiger partial charge in [0.15, 0.2) is 0 Å². The van der Waals surface area contributed by atoms with Crippen molar-refractivity contribution in [3.63, 3.8) is 0 Å². The Hall–Kier alpha value is -3.07. The van der Waals surface area contributed by atoms with Crippen LogP contribution >= 0.6 is 0 Å². The number of carbonyl (C=O) groups excluding carboxylic acids is 1. The molecule has 40 heavy (non-hydrogen) atoms. The van der Waals surface area contributed by atoms with E-state index in [2.05, 4.69) is 0 Å². The molecule has 4 aromatic rings. The molecule has 0 bridgehead atoms. The smallest absolute Gasteiger partial charge is 0.546 e. The maximum atomic E-state index is 14.3. The number of aryl methyl sites for hydroxylation is 3. The van der Waals surface area contributed by atoms with Crippen LogP contribution in [-0.4, -0.2) is 16.6 Å². The fourth-order valence-electron chi connectivity index (χ4n) is 4.63. The standard InChI is InChI=1S/C31H29F4NO3.Na/c1-21-10-13-24(14-17-26-27(31(33,34)35)8-5-9-28(26)32)36(21)19-18-22-11-15-25(16-12-22)39-29(30(37)38)20-23-6-3-2-4-7-23;/h2-13,15-16,29H,14,17-20H2,1H3,(H,37,38);/q;+1/p-1/t29-;/m1./s1. The summed E-state index contributed by atoms with van der Waals surface area (Å²) in [6, 6.07) is 23.0. The van der Waals surface area contributed by atoms with E-state index >= 15 is 0 Å². The van der Waals surface area contributed by atoms with E-state index in [1.54, 1.807) is 12.1 Å². The monoisotopic (exact) mass is 561 g/mol. The zero-order valence-electron chi connectivity index (χ0n) is 22.4. The molecule has 0 unspecified atom stereocenters. The van der Waals surface area contributed by atoms with Gasteiger partial charge in [0.25, 0.3) is 0 Å². The SMILES string of the molecule is Cc1ccc(CCc2c(F)cccc2C(F)(F)F)n1CCc1ccc(O[C@H](Cc2ccccc2)C(=O)[O-])cc1.[Na+]. The summed E-state index contributed by atoms with van der Waals surface area (Å²) in [7, 11) is 0. The van der Waals surface area contributed by atoms with Crippen LogP contribution in [0.4, 0.5) is 17.6 Å². The number of aliphatic carboxylic acids is 1. The maximum absolute atomic E-state index is 14.3. The molecule has 0 radical (unpaired) electrons. The van der Waals surface area contributed by atoms with Gasteiger partial charge in [-0.05, 0) is 73.7 Å². The fourth-order valence-corrected chi connectivity index (χ4v) is 4.63. The third-order valence-corrected chi connectivity index (χ3v) is 6.70. The predicted molar refractivity (Wildman–Crippen MR) is 138 cm³/mol. The Kier molecular flexibility index (Phi) is 11.0. The van der Waals surface area contributed by atoms with E-state index in [1.807, 2.05) is 66.1 Å². The Balaban J connectivity index is 0.00000441. The molecule has 0 saturated heterocycles. The van der Waals surface area contributed by atoms with E-state index in [0.717, 1.165) is 40.7 Å². The van der Waals surface area contributed by atoms with Gasteiger partial charge < -0.3 is 19.2 Å². The molecular formula is C31H28F4NNaO3. The number of aromatic nitrogens is 1. The first-order valence-corrected chi connectivity index (χ1v) is 12.6. The van der Waals surface area contributed by atoms with Crippen LogP contribution in [0.25, 0.3) is 0 Å². The molecule has 204 valence electrons. The summed E-state index contributed by atoms with van der Waals surface area (Å²) in [4.78, 5) is 11.6. The molecule has 4 nitrogen and oxygen atoms in total. The Morgan fingerprint density at radius 2 is 1.57 bits per heavy atom. The molecule has 4 rings (SSSR count). The van der Waals surface area contributed by atoms with Crippen molar-refractivity contribution >= 4 is 5.97 Å². The normalized spacial score (nSPS) is 12.0. The molecule has 3 aromatic carbocycles. The van der Waals surface area contributed by atoms with Gasteiger partial charge in [-0.25, -0.2) is 4.39 Å². The third kappa shape index (κ3) is 8.22. The van der Waals surface area contributed by atoms with Gasteiger partial charge in [-0.2, -0.15) is 13.2 Å².